The molecule has 7 heteroatoms. The van der Waals surface area contributed by atoms with Gasteiger partial charge < -0.3 is 19.9 Å². The summed E-state index contributed by atoms with van der Waals surface area (Å²) >= 11 is 0. The molecule has 0 atom stereocenters. The molecule has 4 saturated carbocycles. The number of rotatable bonds is 5. The summed E-state index contributed by atoms with van der Waals surface area (Å²) in [5, 5.41) is 3.63. The Hall–Kier alpha value is -2.05. The van der Waals surface area contributed by atoms with Crippen molar-refractivity contribution in [2.24, 2.45) is 23.2 Å². The molecule has 0 spiro atoms. The molecule has 26 heavy (non-hydrogen) atoms. The van der Waals surface area contributed by atoms with Crippen LogP contribution in [-0.2, 0) is 9.53 Å². The van der Waals surface area contributed by atoms with E-state index in [1.807, 2.05) is 7.05 Å². The maximum atomic E-state index is 12.5. The van der Waals surface area contributed by atoms with Gasteiger partial charge in [-0.05, 0) is 68.6 Å². The normalized spacial score (nSPS) is 31.8. The lowest BCUT2D eigenvalue weighted by atomic mass is 9.49. The van der Waals surface area contributed by atoms with Crippen molar-refractivity contribution in [3.8, 4) is 0 Å². The molecule has 4 fully saturated rings. The zero-order valence-corrected chi connectivity index (χ0v) is 15.5. The molecule has 1 aromatic rings. The van der Waals surface area contributed by atoms with Crippen LogP contribution in [0, 0.1) is 30.1 Å². The fourth-order valence-electron chi connectivity index (χ4n) is 6.02. The topological polar surface area (TPSA) is 98.7 Å². The van der Waals surface area contributed by atoms with E-state index in [-0.39, 0.29) is 29.4 Å². The van der Waals surface area contributed by atoms with Crippen LogP contribution in [0.5, 0.6) is 0 Å². The second kappa shape index (κ2) is 6.28. The molecule has 0 saturated heterocycles. The number of amides is 1. The number of hydrogen-bond donors (Lipinski definition) is 1. The van der Waals surface area contributed by atoms with Crippen molar-refractivity contribution in [3.63, 3.8) is 0 Å². The SMILES string of the molecule is Cc1noc(N)c1C(=O)OCC(=O)N(C)CC12CC3CC(CC(C3)C1)C2. The number of anilines is 1. The Labute approximate surface area is 153 Å². The summed E-state index contributed by atoms with van der Waals surface area (Å²) in [6.07, 6.45) is 7.88. The number of aryl methyl sites for hydroxylation is 1. The Morgan fingerprint density at radius 2 is 1.81 bits per heavy atom. The largest absolute Gasteiger partial charge is 0.452 e. The smallest absolute Gasteiger partial charge is 0.346 e. The van der Waals surface area contributed by atoms with Gasteiger partial charge in [0.05, 0.1) is 5.69 Å². The van der Waals surface area contributed by atoms with Gasteiger partial charge in [0.2, 0.25) is 5.88 Å². The number of nitrogens with two attached hydrogens (primary N) is 1. The Morgan fingerprint density at radius 3 is 2.31 bits per heavy atom. The second-order valence-electron chi connectivity index (χ2n) is 8.75. The number of likely N-dealkylation sites (N-methyl/N-ethyl adjacent to an activating group) is 1. The molecule has 0 radical (unpaired) electrons. The van der Waals surface area contributed by atoms with Gasteiger partial charge in [-0.1, -0.05) is 5.16 Å². The monoisotopic (exact) mass is 361 g/mol. The molecule has 0 aromatic carbocycles. The summed E-state index contributed by atoms with van der Waals surface area (Å²) in [6.45, 7) is 2.09. The van der Waals surface area contributed by atoms with E-state index in [1.54, 1.807) is 11.8 Å². The zero-order valence-electron chi connectivity index (χ0n) is 15.5. The first-order valence-corrected chi connectivity index (χ1v) is 9.48. The third-order valence-corrected chi connectivity index (χ3v) is 6.58. The molecule has 4 aliphatic rings. The van der Waals surface area contributed by atoms with Crippen LogP contribution in [0.2, 0.25) is 0 Å². The molecule has 2 N–H and O–H groups in total. The summed E-state index contributed by atoms with van der Waals surface area (Å²) in [6, 6.07) is 0. The predicted molar refractivity (Wildman–Crippen MR) is 94.2 cm³/mol. The first-order chi connectivity index (χ1) is 12.3. The maximum Gasteiger partial charge on any atom is 0.346 e. The molecule has 4 bridgehead atoms. The third kappa shape index (κ3) is 3.08. The van der Waals surface area contributed by atoms with Crippen LogP contribution in [0.1, 0.15) is 54.6 Å². The first-order valence-electron chi connectivity index (χ1n) is 9.48. The number of ether oxygens (including phenoxy) is 1. The fraction of sp³-hybridized carbons (Fsp3) is 0.737. The standard InChI is InChI=1S/C19H27N3O4/c1-11-16(17(20)26-21-11)18(24)25-9-15(23)22(2)10-19-6-12-3-13(7-19)5-14(4-12)8-19/h12-14H,3-10,20H2,1-2H3. The van der Waals surface area contributed by atoms with Crippen LogP contribution in [-0.4, -0.2) is 42.1 Å². The summed E-state index contributed by atoms with van der Waals surface area (Å²) in [7, 11) is 1.81. The van der Waals surface area contributed by atoms with Crippen molar-refractivity contribution in [3.05, 3.63) is 11.3 Å². The molecular weight excluding hydrogens is 334 g/mol. The fourth-order valence-corrected chi connectivity index (χ4v) is 6.02. The summed E-state index contributed by atoms with van der Waals surface area (Å²) in [4.78, 5) is 26.3. The average molecular weight is 361 g/mol. The van der Waals surface area contributed by atoms with Crippen molar-refractivity contribution >= 4 is 17.8 Å². The van der Waals surface area contributed by atoms with Gasteiger partial charge in [0, 0.05) is 13.6 Å². The van der Waals surface area contributed by atoms with E-state index in [4.69, 9.17) is 15.0 Å². The second-order valence-corrected chi connectivity index (χ2v) is 8.75. The molecule has 0 aliphatic heterocycles. The lowest BCUT2D eigenvalue weighted by Crippen LogP contribution is -2.51. The lowest BCUT2D eigenvalue weighted by molar-refractivity contribution is -0.138. The minimum absolute atomic E-state index is 0.0816. The number of esters is 1. The quantitative estimate of drug-likeness (QED) is 0.809. The molecule has 142 valence electrons. The number of carbonyl (C=O) groups is 2. The van der Waals surface area contributed by atoms with Crippen LogP contribution < -0.4 is 5.73 Å². The van der Waals surface area contributed by atoms with Crippen molar-refractivity contribution in [2.75, 3.05) is 25.9 Å². The molecule has 5 rings (SSSR count). The molecule has 1 aromatic heterocycles. The molecule has 1 heterocycles. The number of nitrogens with zero attached hydrogens (tertiary/aromatic N) is 2. The number of aromatic nitrogens is 1. The van der Waals surface area contributed by atoms with Crippen molar-refractivity contribution in [1.29, 1.82) is 0 Å². The molecule has 0 unspecified atom stereocenters. The minimum atomic E-state index is -0.669. The van der Waals surface area contributed by atoms with E-state index in [0.717, 1.165) is 24.3 Å². The number of hydrogen-bond acceptors (Lipinski definition) is 6. The summed E-state index contributed by atoms with van der Waals surface area (Å²) < 4.78 is 9.90. The Morgan fingerprint density at radius 1 is 1.23 bits per heavy atom. The maximum absolute atomic E-state index is 12.5. The summed E-state index contributed by atoms with van der Waals surface area (Å²) in [5.74, 6) is 1.62. The van der Waals surface area contributed by atoms with Gasteiger partial charge in [0.15, 0.2) is 6.61 Å². The highest BCUT2D eigenvalue weighted by atomic mass is 16.5. The van der Waals surface area contributed by atoms with Gasteiger partial charge in [-0.3, -0.25) is 4.79 Å². The van der Waals surface area contributed by atoms with Gasteiger partial charge >= 0.3 is 5.97 Å². The lowest BCUT2D eigenvalue weighted by Gasteiger charge is -2.57. The molecule has 7 nitrogen and oxygen atoms in total. The molecule has 1 amide bonds. The first kappa shape index (κ1) is 17.4. The zero-order chi connectivity index (χ0) is 18.5. The van der Waals surface area contributed by atoms with E-state index >= 15 is 0 Å². The van der Waals surface area contributed by atoms with Crippen LogP contribution in [0.15, 0.2) is 4.52 Å². The third-order valence-electron chi connectivity index (χ3n) is 6.58. The van der Waals surface area contributed by atoms with Gasteiger partial charge in [-0.25, -0.2) is 4.79 Å². The van der Waals surface area contributed by atoms with Crippen LogP contribution in [0.4, 0.5) is 5.88 Å². The minimum Gasteiger partial charge on any atom is -0.452 e. The van der Waals surface area contributed by atoms with E-state index in [1.165, 1.54) is 38.5 Å². The highest BCUT2D eigenvalue weighted by Gasteiger charge is 2.51. The Balaban J connectivity index is 1.33. The predicted octanol–water partition coefficient (Wildman–Crippen LogP) is 2.40. The number of carbonyl (C=O) groups excluding carboxylic acids is 2. The van der Waals surface area contributed by atoms with Gasteiger partial charge in [-0.15, -0.1) is 0 Å². The summed E-state index contributed by atoms with van der Waals surface area (Å²) in [5.41, 5.74) is 6.32. The molecular formula is C19H27N3O4. The van der Waals surface area contributed by atoms with Gasteiger partial charge in [-0.2, -0.15) is 0 Å². The van der Waals surface area contributed by atoms with E-state index in [2.05, 4.69) is 5.16 Å². The van der Waals surface area contributed by atoms with Crippen molar-refractivity contribution < 1.29 is 18.8 Å². The van der Waals surface area contributed by atoms with Crippen LogP contribution in [0.3, 0.4) is 0 Å². The van der Waals surface area contributed by atoms with E-state index < -0.39 is 5.97 Å². The van der Waals surface area contributed by atoms with Gasteiger partial charge in [0.25, 0.3) is 5.91 Å². The van der Waals surface area contributed by atoms with Crippen molar-refractivity contribution in [1.82, 2.24) is 10.1 Å². The molecule has 4 aliphatic carbocycles. The van der Waals surface area contributed by atoms with Gasteiger partial charge in [0.1, 0.15) is 5.56 Å². The highest BCUT2D eigenvalue weighted by Crippen LogP contribution is 2.60. The Bertz CT molecular complexity index is 672. The Kier molecular flexibility index (Phi) is 4.20. The van der Waals surface area contributed by atoms with E-state index in [9.17, 15) is 9.59 Å². The highest BCUT2D eigenvalue weighted by molar-refractivity contribution is 5.96. The van der Waals surface area contributed by atoms with E-state index in [0.29, 0.717) is 5.69 Å². The van der Waals surface area contributed by atoms with Crippen LogP contribution >= 0.6 is 0 Å². The number of nitrogen functional groups attached to an aromatic ring is 1. The van der Waals surface area contributed by atoms with Crippen LogP contribution in [0.25, 0.3) is 0 Å². The van der Waals surface area contributed by atoms with Crippen molar-refractivity contribution in [2.45, 2.75) is 45.4 Å². The average Bonchev–Trinajstić information content (AvgIpc) is 2.89.